The van der Waals surface area contributed by atoms with Crippen molar-refractivity contribution in [2.45, 2.75) is 39.5 Å². The standard InChI is InChI=1S/C17H27BN5O4/c1-17(2,14(24)22-11-12-7-4-3-5-8-12)15(25)23-13(27-18-26)9-6-10-21-16(19)20/h3-5,7-8,13,26H,6,9-11H2,1-2H3,(H,22,24)(H,23,25)(H4,19,20,21)/t13-/m1/s1. The second kappa shape index (κ2) is 11.2. The van der Waals surface area contributed by atoms with Crippen molar-refractivity contribution in [3.63, 3.8) is 0 Å². The Morgan fingerprint density at radius 3 is 2.52 bits per heavy atom. The number of nitrogens with two attached hydrogens (primary N) is 2. The van der Waals surface area contributed by atoms with Gasteiger partial charge in [-0.3, -0.25) is 14.6 Å². The summed E-state index contributed by atoms with van der Waals surface area (Å²) < 4.78 is 4.98. The topological polar surface area (TPSA) is 152 Å². The van der Waals surface area contributed by atoms with Crippen LogP contribution in [0.4, 0.5) is 0 Å². The largest absolute Gasteiger partial charge is 0.486 e. The smallest absolute Gasteiger partial charge is 0.429 e. The molecule has 1 atom stereocenters. The zero-order valence-electron chi connectivity index (χ0n) is 15.6. The summed E-state index contributed by atoms with van der Waals surface area (Å²) >= 11 is 0. The number of hydrogen-bond acceptors (Lipinski definition) is 5. The normalized spacial score (nSPS) is 12.0. The molecule has 0 aliphatic heterocycles. The lowest BCUT2D eigenvalue weighted by molar-refractivity contribution is -0.143. The van der Waals surface area contributed by atoms with Gasteiger partial charge in [0.1, 0.15) is 11.6 Å². The lowest BCUT2D eigenvalue weighted by Crippen LogP contribution is -2.51. The van der Waals surface area contributed by atoms with Gasteiger partial charge in [-0.25, -0.2) is 0 Å². The van der Waals surface area contributed by atoms with E-state index in [4.69, 9.17) is 21.1 Å². The SMILES string of the molecule is CC(C)(C(=O)NCc1ccccc1)C(=O)N[C@@H](CCCN=C(N)N)O[B]O. The van der Waals surface area contributed by atoms with Gasteiger partial charge in [0.05, 0.1) is 0 Å². The summed E-state index contributed by atoms with van der Waals surface area (Å²) in [6, 6.07) is 9.38. The van der Waals surface area contributed by atoms with Crippen molar-refractivity contribution in [2.75, 3.05) is 6.54 Å². The van der Waals surface area contributed by atoms with E-state index in [0.717, 1.165) is 5.56 Å². The molecule has 0 spiro atoms. The fraction of sp³-hybridized carbons (Fsp3) is 0.471. The first kappa shape index (κ1) is 22.5. The van der Waals surface area contributed by atoms with Crippen molar-refractivity contribution in [1.82, 2.24) is 10.6 Å². The Morgan fingerprint density at radius 2 is 1.93 bits per heavy atom. The summed E-state index contributed by atoms with van der Waals surface area (Å²) in [5.41, 5.74) is 10.1. The Kier molecular flexibility index (Phi) is 9.31. The number of amides is 2. The van der Waals surface area contributed by atoms with Gasteiger partial charge in [-0.05, 0) is 32.3 Å². The van der Waals surface area contributed by atoms with Crippen molar-refractivity contribution < 1.29 is 19.3 Å². The molecule has 0 aromatic heterocycles. The van der Waals surface area contributed by atoms with Gasteiger partial charge in [0.2, 0.25) is 11.8 Å². The Labute approximate surface area is 159 Å². The molecule has 0 aliphatic carbocycles. The monoisotopic (exact) mass is 376 g/mol. The molecule has 1 rings (SSSR count). The van der Waals surface area contributed by atoms with Crippen molar-refractivity contribution in [1.29, 1.82) is 0 Å². The third-order valence-corrected chi connectivity index (χ3v) is 3.87. The summed E-state index contributed by atoms with van der Waals surface area (Å²) in [6.07, 6.45) is 0.0522. The molecule has 2 amide bonds. The molecule has 0 unspecified atom stereocenters. The number of benzene rings is 1. The van der Waals surface area contributed by atoms with Gasteiger partial charge in [-0.15, -0.1) is 0 Å². The zero-order chi connectivity index (χ0) is 20.3. The molecule has 1 aromatic rings. The number of nitrogens with one attached hydrogen (secondary N) is 2. The average Bonchev–Trinajstić information content (AvgIpc) is 2.63. The Morgan fingerprint density at radius 1 is 1.26 bits per heavy atom. The van der Waals surface area contributed by atoms with Crippen LogP contribution in [0.25, 0.3) is 0 Å². The van der Waals surface area contributed by atoms with Crippen LogP contribution >= 0.6 is 0 Å². The van der Waals surface area contributed by atoms with E-state index in [-0.39, 0.29) is 5.96 Å². The van der Waals surface area contributed by atoms with E-state index >= 15 is 0 Å². The molecule has 0 saturated heterocycles. The predicted molar refractivity (Wildman–Crippen MR) is 103 cm³/mol. The highest BCUT2D eigenvalue weighted by atomic mass is 16.5. The van der Waals surface area contributed by atoms with E-state index in [0.29, 0.717) is 33.6 Å². The third kappa shape index (κ3) is 8.10. The van der Waals surface area contributed by atoms with Gasteiger partial charge in [-0.2, -0.15) is 0 Å². The van der Waals surface area contributed by atoms with Crippen LogP contribution in [0, 0.1) is 5.41 Å². The number of hydrogen-bond donors (Lipinski definition) is 5. The van der Waals surface area contributed by atoms with Crippen LogP contribution in [-0.2, 0) is 20.8 Å². The van der Waals surface area contributed by atoms with Gasteiger partial charge >= 0.3 is 7.69 Å². The highest BCUT2D eigenvalue weighted by Gasteiger charge is 2.37. The number of nitrogens with zero attached hydrogens (tertiary/aromatic N) is 1. The second-order valence-electron chi connectivity index (χ2n) is 6.45. The first-order chi connectivity index (χ1) is 12.8. The molecule has 9 nitrogen and oxygen atoms in total. The molecule has 1 aromatic carbocycles. The number of guanidine groups is 1. The lowest BCUT2D eigenvalue weighted by atomic mass is 9.90. The number of carbonyl (C=O) groups is 2. The number of carbonyl (C=O) groups excluding carboxylic acids is 2. The van der Waals surface area contributed by atoms with Crippen LogP contribution in [0.1, 0.15) is 32.3 Å². The molecule has 0 aliphatic rings. The fourth-order valence-electron chi connectivity index (χ4n) is 2.16. The van der Waals surface area contributed by atoms with Gasteiger partial charge in [0, 0.05) is 13.1 Å². The fourth-order valence-corrected chi connectivity index (χ4v) is 2.16. The molecular formula is C17H27BN5O4. The van der Waals surface area contributed by atoms with Crippen molar-refractivity contribution >= 4 is 25.5 Å². The average molecular weight is 376 g/mol. The zero-order valence-corrected chi connectivity index (χ0v) is 15.6. The van der Waals surface area contributed by atoms with Gasteiger partial charge < -0.3 is 31.8 Å². The number of aliphatic imine (C=N–C) groups is 1. The van der Waals surface area contributed by atoms with E-state index < -0.39 is 23.5 Å². The summed E-state index contributed by atoms with van der Waals surface area (Å²) in [5, 5.41) is 14.2. The van der Waals surface area contributed by atoms with E-state index in [1.54, 1.807) is 0 Å². The quantitative estimate of drug-likeness (QED) is 0.0866. The summed E-state index contributed by atoms with van der Waals surface area (Å²) in [6.45, 7) is 3.70. The van der Waals surface area contributed by atoms with E-state index in [1.807, 2.05) is 30.3 Å². The van der Waals surface area contributed by atoms with Crippen molar-refractivity contribution in [2.24, 2.45) is 21.9 Å². The maximum Gasteiger partial charge on any atom is 0.486 e. The summed E-state index contributed by atoms with van der Waals surface area (Å²) in [4.78, 5) is 28.8. The summed E-state index contributed by atoms with van der Waals surface area (Å²) in [7, 11) is 0.494. The Hall–Kier alpha value is -2.59. The summed E-state index contributed by atoms with van der Waals surface area (Å²) in [5.74, 6) is -0.973. The number of rotatable bonds is 11. The van der Waals surface area contributed by atoms with Crippen LogP contribution in [0.3, 0.4) is 0 Å². The minimum atomic E-state index is -1.33. The predicted octanol–water partition coefficient (Wildman–Crippen LogP) is -0.632. The maximum atomic E-state index is 12.5. The van der Waals surface area contributed by atoms with E-state index in [2.05, 4.69) is 15.6 Å². The Balaban J connectivity index is 2.58. The van der Waals surface area contributed by atoms with E-state index in [9.17, 15) is 9.59 Å². The van der Waals surface area contributed by atoms with Crippen molar-refractivity contribution in [3.05, 3.63) is 35.9 Å². The molecule has 7 N–H and O–H groups in total. The van der Waals surface area contributed by atoms with E-state index in [1.165, 1.54) is 13.8 Å². The molecule has 147 valence electrons. The molecular weight excluding hydrogens is 349 g/mol. The van der Waals surface area contributed by atoms with Crippen LogP contribution in [-0.4, -0.2) is 43.3 Å². The molecule has 0 fully saturated rings. The molecule has 10 heteroatoms. The highest BCUT2D eigenvalue weighted by molar-refractivity contribution is 6.16. The third-order valence-electron chi connectivity index (χ3n) is 3.87. The second-order valence-corrected chi connectivity index (χ2v) is 6.45. The minimum Gasteiger partial charge on any atom is -0.429 e. The van der Waals surface area contributed by atoms with Gasteiger partial charge in [0.15, 0.2) is 5.96 Å². The first-order valence-electron chi connectivity index (χ1n) is 8.57. The first-order valence-corrected chi connectivity index (χ1v) is 8.57. The maximum absolute atomic E-state index is 12.5. The van der Waals surface area contributed by atoms with Crippen LogP contribution in [0.5, 0.6) is 0 Å². The minimum absolute atomic E-state index is 0.0264. The molecule has 1 radical (unpaired) electrons. The molecule has 27 heavy (non-hydrogen) atoms. The van der Waals surface area contributed by atoms with Crippen LogP contribution in [0.2, 0.25) is 0 Å². The van der Waals surface area contributed by atoms with Crippen LogP contribution < -0.4 is 22.1 Å². The molecule has 0 bridgehead atoms. The van der Waals surface area contributed by atoms with Gasteiger partial charge in [0.25, 0.3) is 0 Å². The highest BCUT2D eigenvalue weighted by Crippen LogP contribution is 2.17. The van der Waals surface area contributed by atoms with Crippen LogP contribution in [0.15, 0.2) is 35.3 Å². The van der Waals surface area contributed by atoms with Gasteiger partial charge in [-0.1, -0.05) is 30.3 Å². The Bertz CT molecular complexity index is 635. The lowest BCUT2D eigenvalue weighted by Gasteiger charge is -2.26. The van der Waals surface area contributed by atoms with Crippen molar-refractivity contribution in [3.8, 4) is 0 Å². The molecule has 0 heterocycles. The molecule has 0 saturated carbocycles.